The van der Waals surface area contributed by atoms with Crippen molar-refractivity contribution in [2.45, 2.75) is 58.4 Å². The highest BCUT2D eigenvalue weighted by molar-refractivity contribution is 5.68. The van der Waals surface area contributed by atoms with E-state index in [9.17, 15) is 23.6 Å². The number of hydrogen-bond acceptors (Lipinski definition) is 11. The highest BCUT2D eigenvalue weighted by Crippen LogP contribution is 2.35. The number of ether oxygens (including phenoxy) is 7. The molecule has 11 nitrogen and oxygen atoms in total. The summed E-state index contributed by atoms with van der Waals surface area (Å²) in [6.45, 7) is 4.13. The number of carbonyl (C=O) groups is 4. The highest BCUT2D eigenvalue weighted by Gasteiger charge is 2.53. The summed E-state index contributed by atoms with van der Waals surface area (Å²) in [6, 6.07) is 4.47. The molecule has 0 radical (unpaired) electrons. The van der Waals surface area contributed by atoms with Crippen LogP contribution in [-0.2, 0) is 42.9 Å². The molecule has 0 spiro atoms. The van der Waals surface area contributed by atoms with E-state index in [0.29, 0.717) is 11.9 Å². The molecule has 5 atom stereocenters. The van der Waals surface area contributed by atoms with E-state index in [1.807, 2.05) is 0 Å². The number of methoxy groups -OCH3 is 1. The maximum absolute atomic E-state index is 12.6. The Morgan fingerprint density at radius 3 is 2.03 bits per heavy atom. The first-order valence-corrected chi connectivity index (χ1v) is 10.5. The van der Waals surface area contributed by atoms with Crippen molar-refractivity contribution in [3.8, 4) is 11.5 Å². The van der Waals surface area contributed by atoms with E-state index in [1.165, 1.54) is 38.3 Å². The summed E-state index contributed by atoms with van der Waals surface area (Å²) in [5.74, 6) is -2.62. The van der Waals surface area contributed by atoms with Crippen LogP contribution < -0.4 is 9.47 Å². The van der Waals surface area contributed by atoms with Gasteiger partial charge < -0.3 is 33.2 Å². The normalized spacial score (nSPS) is 23.8. The fourth-order valence-electron chi connectivity index (χ4n) is 3.37. The zero-order valence-electron chi connectivity index (χ0n) is 19.8. The van der Waals surface area contributed by atoms with E-state index >= 15 is 0 Å². The van der Waals surface area contributed by atoms with E-state index in [-0.39, 0.29) is 11.5 Å². The van der Waals surface area contributed by atoms with Gasteiger partial charge in [0.2, 0.25) is 12.4 Å². The van der Waals surface area contributed by atoms with Crippen LogP contribution in [0.1, 0.15) is 33.3 Å². The molecule has 2 rings (SSSR count). The zero-order valence-corrected chi connectivity index (χ0v) is 19.8. The second-order valence-electron chi connectivity index (χ2n) is 7.39. The molecule has 0 amide bonds. The molecule has 12 heteroatoms. The van der Waals surface area contributed by atoms with E-state index in [1.54, 1.807) is 0 Å². The molecule has 0 aromatic heterocycles. The second kappa shape index (κ2) is 12.7. The van der Waals surface area contributed by atoms with Crippen LogP contribution in [0, 0.1) is 0 Å². The van der Waals surface area contributed by atoms with Crippen molar-refractivity contribution in [3.05, 3.63) is 30.1 Å². The first-order valence-electron chi connectivity index (χ1n) is 10.5. The summed E-state index contributed by atoms with van der Waals surface area (Å²) in [7, 11) is 1.36. The Balaban J connectivity index is 2.51. The molecular weight excluding hydrogens is 471 g/mol. The molecule has 0 N–H and O–H groups in total. The molecule has 1 fully saturated rings. The van der Waals surface area contributed by atoms with Crippen molar-refractivity contribution in [2.24, 2.45) is 0 Å². The van der Waals surface area contributed by atoms with Gasteiger partial charge in [0.05, 0.1) is 13.4 Å². The third-order valence-corrected chi connectivity index (χ3v) is 4.63. The Hall–Kier alpha value is -3.67. The van der Waals surface area contributed by atoms with Crippen LogP contribution in [0.3, 0.4) is 0 Å². The van der Waals surface area contributed by atoms with Gasteiger partial charge in [0, 0.05) is 27.7 Å². The minimum atomic E-state index is -1.42. The minimum absolute atomic E-state index is 0.115. The SMILES string of the molecule is COc1cc(/C=C/F)ccc1O[C@@H]1O[C@H](COC(C)=O)[C@@H](OC(C)=O)[C@H](OC(C)=O)[C@H]1OC(C)=O. The van der Waals surface area contributed by atoms with Crippen LogP contribution in [0.15, 0.2) is 24.5 Å². The van der Waals surface area contributed by atoms with E-state index < -0.39 is 61.2 Å². The Morgan fingerprint density at radius 1 is 0.886 bits per heavy atom. The van der Waals surface area contributed by atoms with Crippen LogP contribution in [-0.4, -0.2) is 68.3 Å². The van der Waals surface area contributed by atoms with Gasteiger partial charge in [-0.05, 0) is 23.8 Å². The largest absolute Gasteiger partial charge is 0.493 e. The van der Waals surface area contributed by atoms with Crippen molar-refractivity contribution >= 4 is 30.0 Å². The molecule has 0 aliphatic carbocycles. The quantitative estimate of drug-likeness (QED) is 0.366. The van der Waals surface area contributed by atoms with Gasteiger partial charge in [-0.15, -0.1) is 0 Å². The fourth-order valence-corrected chi connectivity index (χ4v) is 3.37. The maximum atomic E-state index is 12.6. The van der Waals surface area contributed by atoms with Crippen LogP contribution in [0.2, 0.25) is 0 Å². The summed E-state index contributed by atoms with van der Waals surface area (Å²) in [5.41, 5.74) is 0.471. The van der Waals surface area contributed by atoms with E-state index in [2.05, 4.69) is 0 Å². The molecule has 1 aromatic rings. The molecule has 1 aromatic carbocycles. The number of carbonyl (C=O) groups excluding carboxylic acids is 4. The third-order valence-electron chi connectivity index (χ3n) is 4.63. The van der Waals surface area contributed by atoms with Crippen LogP contribution in [0.4, 0.5) is 4.39 Å². The van der Waals surface area contributed by atoms with Gasteiger partial charge >= 0.3 is 23.9 Å². The van der Waals surface area contributed by atoms with Gasteiger partial charge in [0.1, 0.15) is 12.7 Å². The van der Waals surface area contributed by atoms with Crippen molar-refractivity contribution in [1.29, 1.82) is 0 Å². The first kappa shape index (κ1) is 27.6. The molecule has 0 bridgehead atoms. The molecule has 1 aliphatic rings. The smallest absolute Gasteiger partial charge is 0.303 e. The topological polar surface area (TPSA) is 133 Å². The molecular formula is C23H27FO11. The molecule has 0 saturated carbocycles. The number of esters is 4. The van der Waals surface area contributed by atoms with E-state index in [0.717, 1.165) is 20.8 Å². The predicted molar refractivity (Wildman–Crippen MR) is 116 cm³/mol. The lowest BCUT2D eigenvalue weighted by Crippen LogP contribution is -2.63. The average molecular weight is 498 g/mol. The fraction of sp³-hybridized carbons (Fsp3) is 0.478. The molecule has 1 aliphatic heterocycles. The summed E-state index contributed by atoms with van der Waals surface area (Å²) >= 11 is 0. The van der Waals surface area contributed by atoms with Gasteiger partial charge in [0.25, 0.3) is 0 Å². The lowest BCUT2D eigenvalue weighted by atomic mass is 9.98. The lowest BCUT2D eigenvalue weighted by molar-refractivity contribution is -0.288. The standard InChI is InChI=1S/C23H27FO11/c1-12(25)30-11-19-20(31-13(2)26)21(32-14(3)27)22(33-15(4)28)23(35-19)34-17-7-6-16(8-9-24)10-18(17)29-5/h6-10,19-23H,11H2,1-5H3/b9-8+/t19-,20-,21+,22-,23-/m1/s1. The second-order valence-corrected chi connectivity index (χ2v) is 7.39. The van der Waals surface area contributed by atoms with Crippen LogP contribution >= 0.6 is 0 Å². The molecule has 1 saturated heterocycles. The van der Waals surface area contributed by atoms with Gasteiger partial charge in [-0.1, -0.05) is 6.07 Å². The molecule has 1 heterocycles. The monoisotopic (exact) mass is 498 g/mol. The minimum Gasteiger partial charge on any atom is -0.493 e. The number of halogens is 1. The van der Waals surface area contributed by atoms with Crippen molar-refractivity contribution in [3.63, 3.8) is 0 Å². The average Bonchev–Trinajstić information content (AvgIpc) is 2.76. The van der Waals surface area contributed by atoms with Gasteiger partial charge in [-0.25, -0.2) is 4.39 Å². The number of rotatable bonds is 9. The summed E-state index contributed by atoms with van der Waals surface area (Å²) < 4.78 is 50.7. The number of hydrogen-bond donors (Lipinski definition) is 0. The Bertz CT molecular complexity index is 961. The third kappa shape index (κ3) is 7.95. The molecule has 0 unspecified atom stereocenters. The Kier molecular flexibility index (Phi) is 10.0. The van der Waals surface area contributed by atoms with Crippen LogP contribution in [0.25, 0.3) is 6.08 Å². The van der Waals surface area contributed by atoms with E-state index in [4.69, 9.17) is 33.2 Å². The van der Waals surface area contributed by atoms with Crippen LogP contribution in [0.5, 0.6) is 11.5 Å². The van der Waals surface area contributed by atoms with Gasteiger partial charge in [-0.3, -0.25) is 19.2 Å². The summed E-state index contributed by atoms with van der Waals surface area (Å²) in [6.07, 6.45) is -5.12. The van der Waals surface area contributed by atoms with Crippen molar-refractivity contribution < 1.29 is 56.7 Å². The van der Waals surface area contributed by atoms with Gasteiger partial charge in [0.15, 0.2) is 23.7 Å². The Labute approximate surface area is 201 Å². The van der Waals surface area contributed by atoms with Gasteiger partial charge in [-0.2, -0.15) is 0 Å². The highest BCUT2D eigenvalue weighted by atomic mass is 19.1. The maximum Gasteiger partial charge on any atom is 0.303 e. The van der Waals surface area contributed by atoms with Crippen molar-refractivity contribution in [1.82, 2.24) is 0 Å². The lowest BCUT2D eigenvalue weighted by Gasteiger charge is -2.44. The summed E-state index contributed by atoms with van der Waals surface area (Å²) in [4.78, 5) is 47.0. The predicted octanol–water partition coefficient (Wildman–Crippen LogP) is 2.10. The summed E-state index contributed by atoms with van der Waals surface area (Å²) in [5, 5.41) is 0. The zero-order chi connectivity index (χ0) is 26.1. The van der Waals surface area contributed by atoms with Crippen molar-refractivity contribution in [2.75, 3.05) is 13.7 Å². The first-order chi connectivity index (χ1) is 16.5. The number of benzene rings is 1. The molecule has 192 valence electrons. The molecule has 35 heavy (non-hydrogen) atoms. The Morgan fingerprint density at radius 2 is 1.49 bits per heavy atom.